The van der Waals surface area contributed by atoms with Crippen LogP contribution in [0.3, 0.4) is 0 Å². The summed E-state index contributed by atoms with van der Waals surface area (Å²) in [5.74, 6) is 0.485. The zero-order chi connectivity index (χ0) is 21.6. The van der Waals surface area contributed by atoms with E-state index in [0.717, 1.165) is 37.2 Å². The molecule has 1 unspecified atom stereocenters. The van der Waals surface area contributed by atoms with Crippen LogP contribution in [0.1, 0.15) is 29.9 Å². The Labute approximate surface area is 183 Å². The average Bonchev–Trinajstić information content (AvgIpc) is 3.18. The van der Waals surface area contributed by atoms with Crippen LogP contribution >= 0.6 is 0 Å². The number of anilines is 1. The van der Waals surface area contributed by atoms with E-state index in [2.05, 4.69) is 12.1 Å². The molecule has 0 N–H and O–H groups in total. The number of carbonyl (C=O) groups is 2. The molecular weight excluding hydrogens is 392 g/mol. The normalized spacial score (nSPS) is 19.8. The Kier molecular flexibility index (Phi) is 6.67. The summed E-state index contributed by atoms with van der Waals surface area (Å²) >= 11 is 0. The Morgan fingerprint density at radius 3 is 2.48 bits per heavy atom. The van der Waals surface area contributed by atoms with Crippen molar-refractivity contribution < 1.29 is 19.1 Å². The third-order valence-corrected chi connectivity index (χ3v) is 5.93. The molecule has 1 atom stereocenters. The zero-order valence-electron chi connectivity index (χ0n) is 17.8. The fourth-order valence-corrected chi connectivity index (χ4v) is 4.20. The van der Waals surface area contributed by atoms with Crippen LogP contribution in [-0.4, -0.2) is 56.4 Å². The van der Waals surface area contributed by atoms with Gasteiger partial charge in [0, 0.05) is 32.0 Å². The van der Waals surface area contributed by atoms with E-state index in [4.69, 9.17) is 9.47 Å². The van der Waals surface area contributed by atoms with Gasteiger partial charge < -0.3 is 14.4 Å². The van der Waals surface area contributed by atoms with Crippen molar-refractivity contribution in [2.45, 2.75) is 24.9 Å². The summed E-state index contributed by atoms with van der Waals surface area (Å²) in [5.41, 5.74) is 3.11. The molecule has 0 aromatic heterocycles. The van der Waals surface area contributed by atoms with Gasteiger partial charge in [0.15, 0.2) is 0 Å². The summed E-state index contributed by atoms with van der Waals surface area (Å²) in [6.45, 7) is 2.41. The molecule has 2 heterocycles. The average molecular weight is 421 g/mol. The summed E-state index contributed by atoms with van der Waals surface area (Å²) in [7, 11) is 1.60. The number of ether oxygens (including phenoxy) is 2. The van der Waals surface area contributed by atoms with Crippen molar-refractivity contribution >= 4 is 23.8 Å². The largest absolute Gasteiger partial charge is 0.441 e. The van der Waals surface area contributed by atoms with Crippen LogP contribution < -0.4 is 4.90 Å². The highest BCUT2D eigenvalue weighted by molar-refractivity contribution is 5.92. The molecule has 0 bridgehead atoms. The maximum Gasteiger partial charge on any atom is 0.414 e. The smallest absolute Gasteiger partial charge is 0.414 e. The molecule has 162 valence electrons. The molecule has 2 aliphatic heterocycles. The summed E-state index contributed by atoms with van der Waals surface area (Å²) in [6.07, 6.45) is 4.85. The van der Waals surface area contributed by atoms with Gasteiger partial charge in [-0.3, -0.25) is 9.69 Å². The zero-order valence-corrected chi connectivity index (χ0v) is 17.8. The van der Waals surface area contributed by atoms with E-state index in [1.165, 1.54) is 5.56 Å². The van der Waals surface area contributed by atoms with Gasteiger partial charge in [0.25, 0.3) is 0 Å². The Hall–Kier alpha value is -3.12. The van der Waals surface area contributed by atoms with Gasteiger partial charge in [0.05, 0.1) is 13.2 Å². The van der Waals surface area contributed by atoms with Gasteiger partial charge in [-0.05, 0) is 48.1 Å². The van der Waals surface area contributed by atoms with Crippen molar-refractivity contribution in [2.24, 2.45) is 0 Å². The van der Waals surface area contributed by atoms with Crippen LogP contribution in [0.25, 0.3) is 6.08 Å². The third-order valence-electron chi connectivity index (χ3n) is 5.93. The number of hydrogen-bond acceptors (Lipinski definition) is 4. The van der Waals surface area contributed by atoms with E-state index in [1.54, 1.807) is 18.1 Å². The number of rotatable bonds is 6. The molecule has 2 aromatic rings. The highest BCUT2D eigenvalue weighted by Gasteiger charge is 2.32. The maximum atomic E-state index is 12.5. The summed E-state index contributed by atoms with van der Waals surface area (Å²) in [5, 5.41) is 0. The lowest BCUT2D eigenvalue weighted by atomic mass is 9.89. The lowest BCUT2D eigenvalue weighted by Crippen LogP contribution is -2.36. The first-order valence-corrected chi connectivity index (χ1v) is 10.7. The van der Waals surface area contributed by atoms with Crippen LogP contribution in [0, 0.1) is 0 Å². The van der Waals surface area contributed by atoms with Crippen LogP contribution in [-0.2, 0) is 14.3 Å². The number of amides is 2. The number of likely N-dealkylation sites (tertiary alicyclic amines) is 1. The van der Waals surface area contributed by atoms with Gasteiger partial charge in [-0.25, -0.2) is 4.79 Å². The second-order valence-electron chi connectivity index (χ2n) is 8.01. The number of cyclic esters (lactones) is 1. The number of benzene rings is 2. The van der Waals surface area contributed by atoms with Gasteiger partial charge >= 0.3 is 6.09 Å². The topological polar surface area (TPSA) is 59.1 Å². The van der Waals surface area contributed by atoms with Crippen LogP contribution in [0.15, 0.2) is 60.7 Å². The molecule has 2 saturated heterocycles. The first-order chi connectivity index (χ1) is 15.1. The highest BCUT2D eigenvalue weighted by atomic mass is 16.6. The van der Waals surface area contributed by atoms with Crippen molar-refractivity contribution in [3.05, 3.63) is 71.8 Å². The predicted octanol–water partition coefficient (Wildman–Crippen LogP) is 4.08. The number of methoxy groups -OCH3 is 1. The summed E-state index contributed by atoms with van der Waals surface area (Å²) in [6, 6.07) is 18.0. The van der Waals surface area contributed by atoms with Crippen LogP contribution in [0.2, 0.25) is 0 Å². The Morgan fingerprint density at radius 1 is 1.10 bits per heavy atom. The Bertz CT molecular complexity index is 918. The second kappa shape index (κ2) is 9.79. The van der Waals surface area contributed by atoms with Crippen molar-refractivity contribution in [1.82, 2.24) is 4.90 Å². The molecule has 0 aliphatic carbocycles. The predicted molar refractivity (Wildman–Crippen MR) is 120 cm³/mol. The molecule has 2 aliphatic rings. The number of piperidine rings is 1. The van der Waals surface area contributed by atoms with Gasteiger partial charge in [-0.1, -0.05) is 42.5 Å². The monoisotopic (exact) mass is 420 g/mol. The van der Waals surface area contributed by atoms with Gasteiger partial charge in [0.1, 0.15) is 6.10 Å². The first-order valence-electron chi connectivity index (χ1n) is 10.7. The molecule has 2 fully saturated rings. The van der Waals surface area contributed by atoms with Crippen molar-refractivity contribution in [3.63, 3.8) is 0 Å². The minimum absolute atomic E-state index is 0.0656. The van der Waals surface area contributed by atoms with Crippen LogP contribution in [0.4, 0.5) is 10.5 Å². The fraction of sp³-hybridized carbons (Fsp3) is 0.360. The van der Waals surface area contributed by atoms with Gasteiger partial charge in [-0.15, -0.1) is 0 Å². The SMILES string of the molecule is COCC1CN(c2ccc(C3CCN(C(=O)/C=C/c4ccccc4)CC3)cc2)C(=O)O1. The first kappa shape index (κ1) is 21.1. The van der Waals surface area contributed by atoms with Gasteiger partial charge in [-0.2, -0.15) is 0 Å². The molecule has 4 rings (SSSR count). The minimum Gasteiger partial charge on any atom is -0.441 e. The highest BCUT2D eigenvalue weighted by Crippen LogP contribution is 2.30. The molecule has 0 spiro atoms. The number of nitrogens with zero attached hydrogens (tertiary/aromatic N) is 2. The minimum atomic E-state index is -0.329. The van der Waals surface area contributed by atoms with E-state index >= 15 is 0 Å². The molecule has 6 nitrogen and oxygen atoms in total. The molecule has 31 heavy (non-hydrogen) atoms. The van der Waals surface area contributed by atoms with Crippen LogP contribution in [0.5, 0.6) is 0 Å². The third kappa shape index (κ3) is 5.14. The van der Waals surface area contributed by atoms with E-state index in [-0.39, 0.29) is 18.1 Å². The number of hydrogen-bond donors (Lipinski definition) is 0. The van der Waals surface area contributed by atoms with Crippen molar-refractivity contribution in [3.8, 4) is 0 Å². The quantitative estimate of drug-likeness (QED) is 0.661. The van der Waals surface area contributed by atoms with Gasteiger partial charge in [0.2, 0.25) is 5.91 Å². The summed E-state index contributed by atoms with van der Waals surface area (Å²) in [4.78, 5) is 28.2. The fourth-order valence-electron chi connectivity index (χ4n) is 4.20. The molecule has 6 heteroatoms. The standard InChI is InChI=1S/C25H28N2O4/c1-30-18-23-17-27(25(29)31-23)22-10-8-20(9-11-22)21-13-15-26(16-14-21)24(28)12-7-19-5-3-2-4-6-19/h2-12,21,23H,13-18H2,1H3/b12-7+. The Morgan fingerprint density at radius 2 is 1.81 bits per heavy atom. The lowest BCUT2D eigenvalue weighted by molar-refractivity contribution is -0.126. The summed E-state index contributed by atoms with van der Waals surface area (Å²) < 4.78 is 10.4. The molecular formula is C25H28N2O4. The Balaban J connectivity index is 1.30. The number of carbonyl (C=O) groups excluding carboxylic acids is 2. The lowest BCUT2D eigenvalue weighted by Gasteiger charge is -2.31. The van der Waals surface area contributed by atoms with Crippen molar-refractivity contribution in [1.29, 1.82) is 0 Å². The van der Waals surface area contributed by atoms with E-state index < -0.39 is 0 Å². The maximum absolute atomic E-state index is 12.5. The second-order valence-corrected chi connectivity index (χ2v) is 8.01. The van der Waals surface area contributed by atoms with E-state index in [9.17, 15) is 9.59 Å². The molecule has 2 aromatic carbocycles. The molecule has 2 amide bonds. The molecule has 0 radical (unpaired) electrons. The van der Waals surface area contributed by atoms with E-state index in [1.807, 2.05) is 53.4 Å². The van der Waals surface area contributed by atoms with Crippen molar-refractivity contribution in [2.75, 3.05) is 38.3 Å². The van der Waals surface area contributed by atoms with E-state index in [0.29, 0.717) is 19.1 Å². The molecule has 0 saturated carbocycles.